The van der Waals surface area contributed by atoms with E-state index in [1.54, 1.807) is 7.11 Å². The fraction of sp³-hybridized carbons (Fsp3) is 0.917. The monoisotopic (exact) mass is 226 g/mol. The van der Waals surface area contributed by atoms with Crippen molar-refractivity contribution in [2.24, 2.45) is 0 Å². The van der Waals surface area contributed by atoms with Gasteiger partial charge < -0.3 is 15.0 Å². The van der Waals surface area contributed by atoms with Gasteiger partial charge in [0.2, 0.25) is 5.91 Å². The summed E-state index contributed by atoms with van der Waals surface area (Å²) in [4.78, 5) is 14.1. The normalized spacial score (nSPS) is 28.6. The Hall–Kier alpha value is -0.610. The first-order valence-corrected chi connectivity index (χ1v) is 6.21. The van der Waals surface area contributed by atoms with E-state index in [2.05, 4.69) is 12.2 Å². The van der Waals surface area contributed by atoms with Crippen molar-refractivity contribution < 1.29 is 9.53 Å². The molecular weight excluding hydrogens is 204 g/mol. The summed E-state index contributed by atoms with van der Waals surface area (Å²) >= 11 is 0. The zero-order valence-corrected chi connectivity index (χ0v) is 10.3. The highest BCUT2D eigenvalue weighted by atomic mass is 16.5. The first kappa shape index (κ1) is 11.9. The Kier molecular flexibility index (Phi) is 3.50. The average molecular weight is 226 g/mol. The Bertz CT molecular complexity index is 258. The van der Waals surface area contributed by atoms with Crippen LogP contribution in [0.1, 0.15) is 32.6 Å². The number of nitrogens with zero attached hydrogens (tertiary/aromatic N) is 1. The molecule has 0 aromatic rings. The Morgan fingerprint density at radius 1 is 1.56 bits per heavy atom. The molecule has 0 aromatic carbocycles. The largest absolute Gasteiger partial charge is 0.378 e. The van der Waals surface area contributed by atoms with Crippen molar-refractivity contribution in [2.75, 3.05) is 26.7 Å². The number of methoxy groups -OCH3 is 1. The quantitative estimate of drug-likeness (QED) is 0.772. The van der Waals surface area contributed by atoms with Crippen molar-refractivity contribution in [1.29, 1.82) is 0 Å². The van der Waals surface area contributed by atoms with E-state index in [4.69, 9.17) is 4.74 Å². The highest BCUT2D eigenvalue weighted by molar-refractivity contribution is 5.77. The van der Waals surface area contributed by atoms with Crippen LogP contribution < -0.4 is 5.32 Å². The smallest absolute Gasteiger partial charge is 0.225 e. The van der Waals surface area contributed by atoms with Crippen LogP contribution in [-0.2, 0) is 9.53 Å². The number of ether oxygens (including phenoxy) is 1. The fourth-order valence-corrected chi connectivity index (χ4v) is 2.57. The molecule has 1 saturated carbocycles. The topological polar surface area (TPSA) is 41.6 Å². The highest BCUT2D eigenvalue weighted by Gasteiger charge is 2.40. The average Bonchev–Trinajstić information content (AvgIpc) is 2.23. The maximum absolute atomic E-state index is 12.1. The van der Waals surface area contributed by atoms with E-state index in [0.717, 1.165) is 32.5 Å². The van der Waals surface area contributed by atoms with Crippen molar-refractivity contribution in [3.63, 3.8) is 0 Å². The number of carbonyl (C=O) groups excluding carboxylic acids is 1. The number of nitrogens with one attached hydrogen (secondary N) is 1. The van der Waals surface area contributed by atoms with Gasteiger partial charge in [-0.15, -0.1) is 0 Å². The van der Waals surface area contributed by atoms with E-state index >= 15 is 0 Å². The molecule has 0 radical (unpaired) electrons. The molecule has 1 aliphatic carbocycles. The zero-order chi connectivity index (χ0) is 11.6. The Morgan fingerprint density at radius 2 is 2.31 bits per heavy atom. The Labute approximate surface area is 97.3 Å². The number of rotatable bonds is 3. The first-order valence-electron chi connectivity index (χ1n) is 6.21. The second-order valence-electron chi connectivity index (χ2n) is 5.11. The maximum atomic E-state index is 12.1. The van der Waals surface area contributed by atoms with Gasteiger partial charge in [0, 0.05) is 32.8 Å². The van der Waals surface area contributed by atoms with Crippen LogP contribution in [0.5, 0.6) is 0 Å². The molecule has 4 heteroatoms. The summed E-state index contributed by atoms with van der Waals surface area (Å²) < 4.78 is 5.50. The van der Waals surface area contributed by atoms with E-state index in [1.807, 2.05) is 4.90 Å². The van der Waals surface area contributed by atoms with E-state index in [1.165, 1.54) is 6.42 Å². The second kappa shape index (κ2) is 4.72. The van der Waals surface area contributed by atoms with Crippen molar-refractivity contribution >= 4 is 5.91 Å². The molecule has 0 spiro atoms. The lowest BCUT2D eigenvalue weighted by Crippen LogP contribution is -2.53. The minimum atomic E-state index is -0.134. The molecule has 1 N–H and O–H groups in total. The number of hydrogen-bond acceptors (Lipinski definition) is 3. The summed E-state index contributed by atoms with van der Waals surface area (Å²) in [5, 5.41) is 3.35. The molecule has 1 heterocycles. The van der Waals surface area contributed by atoms with Crippen LogP contribution in [0, 0.1) is 0 Å². The summed E-state index contributed by atoms with van der Waals surface area (Å²) in [5.74, 6) is 0.259. The molecule has 1 amide bonds. The standard InChI is InChI=1S/C12H22N2O2/c1-10-9-14(7-6-13-10)11(15)8-12(16-2)4-3-5-12/h10,13H,3-9H2,1-2H3/t10-/m1/s1. The van der Waals surface area contributed by atoms with Gasteiger partial charge in [-0.2, -0.15) is 0 Å². The van der Waals surface area contributed by atoms with E-state index < -0.39 is 0 Å². The third-order valence-corrected chi connectivity index (χ3v) is 3.89. The predicted molar refractivity (Wildman–Crippen MR) is 62.3 cm³/mol. The van der Waals surface area contributed by atoms with E-state index in [-0.39, 0.29) is 11.5 Å². The van der Waals surface area contributed by atoms with Gasteiger partial charge in [-0.3, -0.25) is 4.79 Å². The molecule has 2 rings (SSSR count). The molecule has 1 saturated heterocycles. The minimum absolute atomic E-state index is 0.134. The SMILES string of the molecule is COC1(CC(=O)N2CCN[C@H](C)C2)CCC1. The van der Waals surface area contributed by atoms with Gasteiger partial charge in [0.1, 0.15) is 0 Å². The Balaban J connectivity index is 1.87. The van der Waals surface area contributed by atoms with Crippen LogP contribution in [0.15, 0.2) is 0 Å². The third kappa shape index (κ3) is 2.38. The molecule has 92 valence electrons. The molecule has 4 nitrogen and oxygen atoms in total. The maximum Gasteiger partial charge on any atom is 0.225 e. The summed E-state index contributed by atoms with van der Waals surface area (Å²) in [5.41, 5.74) is -0.134. The van der Waals surface area contributed by atoms with Crippen molar-refractivity contribution in [1.82, 2.24) is 10.2 Å². The van der Waals surface area contributed by atoms with E-state index in [0.29, 0.717) is 12.5 Å². The number of piperazine rings is 1. The number of hydrogen-bond donors (Lipinski definition) is 1. The molecule has 1 atom stereocenters. The third-order valence-electron chi connectivity index (χ3n) is 3.89. The van der Waals surface area contributed by atoms with E-state index in [9.17, 15) is 4.79 Å². The zero-order valence-electron chi connectivity index (χ0n) is 10.3. The highest BCUT2D eigenvalue weighted by Crippen LogP contribution is 2.38. The molecule has 0 aromatic heterocycles. The Morgan fingerprint density at radius 3 is 2.81 bits per heavy atom. The predicted octanol–water partition coefficient (Wildman–Crippen LogP) is 0.766. The summed E-state index contributed by atoms with van der Waals surface area (Å²) in [6.45, 7) is 4.70. The van der Waals surface area contributed by atoms with Gasteiger partial charge >= 0.3 is 0 Å². The molecule has 16 heavy (non-hydrogen) atoms. The number of amides is 1. The van der Waals surface area contributed by atoms with Crippen LogP contribution in [0.2, 0.25) is 0 Å². The molecule has 0 bridgehead atoms. The van der Waals surface area contributed by atoms with Gasteiger partial charge in [0.05, 0.1) is 12.0 Å². The first-order chi connectivity index (χ1) is 7.65. The van der Waals surface area contributed by atoms with Gasteiger partial charge in [-0.25, -0.2) is 0 Å². The molecule has 2 aliphatic rings. The lowest BCUT2D eigenvalue weighted by atomic mass is 9.77. The van der Waals surface area contributed by atoms with Gasteiger partial charge in [0.15, 0.2) is 0 Å². The molecular formula is C12H22N2O2. The summed E-state index contributed by atoms with van der Waals surface area (Å²) in [6.07, 6.45) is 3.84. The van der Waals surface area contributed by atoms with Crippen molar-refractivity contribution in [2.45, 2.75) is 44.2 Å². The van der Waals surface area contributed by atoms with Crippen LogP contribution >= 0.6 is 0 Å². The van der Waals surface area contributed by atoms with Crippen molar-refractivity contribution in [3.05, 3.63) is 0 Å². The molecule has 0 unspecified atom stereocenters. The van der Waals surface area contributed by atoms with Crippen LogP contribution in [0.25, 0.3) is 0 Å². The lowest BCUT2D eigenvalue weighted by molar-refractivity contribution is -0.145. The van der Waals surface area contributed by atoms with Gasteiger partial charge in [-0.1, -0.05) is 0 Å². The second-order valence-corrected chi connectivity index (χ2v) is 5.11. The van der Waals surface area contributed by atoms with Crippen LogP contribution in [-0.4, -0.2) is 49.2 Å². The van der Waals surface area contributed by atoms with Gasteiger partial charge in [0.25, 0.3) is 0 Å². The summed E-state index contributed by atoms with van der Waals surface area (Å²) in [6, 6.07) is 0.414. The minimum Gasteiger partial charge on any atom is -0.378 e. The van der Waals surface area contributed by atoms with Crippen LogP contribution in [0.3, 0.4) is 0 Å². The molecule has 1 aliphatic heterocycles. The number of carbonyl (C=O) groups is 1. The fourth-order valence-electron chi connectivity index (χ4n) is 2.57. The van der Waals surface area contributed by atoms with Crippen LogP contribution in [0.4, 0.5) is 0 Å². The molecule has 2 fully saturated rings. The van der Waals surface area contributed by atoms with Crippen molar-refractivity contribution in [3.8, 4) is 0 Å². The summed E-state index contributed by atoms with van der Waals surface area (Å²) in [7, 11) is 1.73. The van der Waals surface area contributed by atoms with Gasteiger partial charge in [-0.05, 0) is 26.2 Å². The lowest BCUT2D eigenvalue weighted by Gasteiger charge is -2.42.